The second-order valence-electron chi connectivity index (χ2n) is 6.20. The van der Waals surface area contributed by atoms with Crippen LogP contribution in [0.15, 0.2) is 18.2 Å². The Labute approximate surface area is 131 Å². The van der Waals surface area contributed by atoms with Crippen molar-refractivity contribution in [2.45, 2.75) is 44.6 Å². The molecule has 5 heteroatoms. The number of fused-ring (bicyclic) bond motifs is 1. The fourth-order valence-corrected chi connectivity index (χ4v) is 3.72. The van der Waals surface area contributed by atoms with Crippen LogP contribution in [0.5, 0.6) is 0 Å². The number of primary amides is 1. The van der Waals surface area contributed by atoms with Crippen LogP contribution in [0.1, 0.15) is 36.8 Å². The number of hydrogen-bond acceptors (Lipinski definition) is 3. The van der Waals surface area contributed by atoms with E-state index in [1.54, 1.807) is 0 Å². The van der Waals surface area contributed by atoms with Gasteiger partial charge in [-0.1, -0.05) is 6.07 Å². The molecule has 3 rings (SSSR count). The van der Waals surface area contributed by atoms with Gasteiger partial charge in [-0.15, -0.1) is 0 Å². The van der Waals surface area contributed by atoms with Crippen LogP contribution in [0.2, 0.25) is 0 Å². The topological polar surface area (TPSA) is 73.4 Å². The first kappa shape index (κ1) is 14.9. The number of hydrogen-bond donors (Lipinski definition) is 1. The minimum Gasteiger partial charge on any atom is -0.350 e. The molecule has 1 saturated heterocycles. The van der Waals surface area contributed by atoms with E-state index >= 15 is 0 Å². The summed E-state index contributed by atoms with van der Waals surface area (Å²) < 4.78 is 0. The van der Waals surface area contributed by atoms with E-state index in [-0.39, 0.29) is 0 Å². The summed E-state index contributed by atoms with van der Waals surface area (Å²) in [6.45, 7) is 2.46. The number of carbonyl (C=O) groups is 1. The second kappa shape index (κ2) is 6.37. The molecule has 0 radical (unpaired) electrons. The first-order chi connectivity index (χ1) is 10.7. The summed E-state index contributed by atoms with van der Waals surface area (Å²) >= 11 is 0. The molecule has 2 amide bonds. The summed E-state index contributed by atoms with van der Waals surface area (Å²) in [5.41, 5.74) is 8.42. The van der Waals surface area contributed by atoms with Crippen molar-refractivity contribution < 1.29 is 4.79 Å². The summed E-state index contributed by atoms with van der Waals surface area (Å²) in [5, 5.41) is 9.06. The van der Waals surface area contributed by atoms with Crippen LogP contribution >= 0.6 is 0 Å². The predicted molar refractivity (Wildman–Crippen MR) is 85.4 cm³/mol. The maximum Gasteiger partial charge on any atom is 0.332 e. The lowest BCUT2D eigenvalue weighted by Crippen LogP contribution is -2.32. The van der Waals surface area contributed by atoms with E-state index in [0.717, 1.165) is 24.2 Å². The highest BCUT2D eigenvalue weighted by atomic mass is 16.2. The molecule has 2 N–H and O–H groups in total. The molecule has 1 unspecified atom stereocenters. The smallest absolute Gasteiger partial charge is 0.332 e. The number of rotatable bonds is 2. The van der Waals surface area contributed by atoms with Gasteiger partial charge in [0.15, 0.2) is 6.19 Å². The first-order valence-electron chi connectivity index (χ1n) is 8.04. The Hall–Kier alpha value is -2.06. The van der Waals surface area contributed by atoms with Crippen LogP contribution in [0.3, 0.4) is 0 Å². The van der Waals surface area contributed by atoms with E-state index in [0.29, 0.717) is 11.7 Å². The largest absolute Gasteiger partial charge is 0.350 e. The molecule has 1 heterocycles. The number of aryl methyl sites for hydroxylation is 2. The quantitative estimate of drug-likeness (QED) is 0.517. The molecule has 1 fully saturated rings. The number of urea groups is 1. The molecule has 0 saturated carbocycles. The lowest BCUT2D eigenvalue weighted by Gasteiger charge is -2.26. The van der Waals surface area contributed by atoms with Crippen LogP contribution in [0, 0.1) is 11.5 Å². The molecule has 1 aliphatic carbocycles. The highest BCUT2D eigenvalue weighted by Crippen LogP contribution is 2.28. The SMILES string of the molecule is N#CN(C(N)=O)c1ccc2c(c1)CCC(N1CCCC1)CC2. The van der Waals surface area contributed by atoms with Gasteiger partial charge in [-0.2, -0.15) is 10.2 Å². The number of benzene rings is 1. The van der Waals surface area contributed by atoms with E-state index in [1.807, 2.05) is 24.4 Å². The summed E-state index contributed by atoms with van der Waals surface area (Å²) in [6, 6.07) is 5.76. The molecule has 2 aliphatic rings. The van der Waals surface area contributed by atoms with Crippen molar-refractivity contribution >= 4 is 11.7 Å². The van der Waals surface area contributed by atoms with E-state index in [9.17, 15) is 4.79 Å². The predicted octanol–water partition coefficient (Wildman–Crippen LogP) is 2.40. The Morgan fingerprint density at radius 2 is 1.91 bits per heavy atom. The zero-order valence-corrected chi connectivity index (χ0v) is 12.8. The number of carbonyl (C=O) groups excluding carboxylic acids is 1. The lowest BCUT2D eigenvalue weighted by molar-refractivity contribution is 0.222. The Kier molecular flexibility index (Phi) is 4.30. The van der Waals surface area contributed by atoms with Crippen molar-refractivity contribution in [3.8, 4) is 6.19 Å². The van der Waals surface area contributed by atoms with Gasteiger partial charge in [0, 0.05) is 6.04 Å². The molecule has 1 aromatic rings. The number of nitriles is 1. The number of likely N-dealkylation sites (tertiary alicyclic amines) is 1. The zero-order valence-electron chi connectivity index (χ0n) is 12.8. The molecule has 1 aliphatic heterocycles. The Balaban J connectivity index is 1.77. The number of nitrogens with zero attached hydrogens (tertiary/aromatic N) is 3. The zero-order chi connectivity index (χ0) is 15.5. The fraction of sp³-hybridized carbons (Fsp3) is 0.529. The minimum atomic E-state index is -0.731. The maximum atomic E-state index is 11.3. The van der Waals surface area contributed by atoms with Crippen molar-refractivity contribution in [1.29, 1.82) is 5.26 Å². The molecule has 1 atom stereocenters. The van der Waals surface area contributed by atoms with Crippen LogP contribution < -0.4 is 10.6 Å². The third kappa shape index (κ3) is 2.93. The van der Waals surface area contributed by atoms with Gasteiger partial charge in [-0.3, -0.25) is 0 Å². The van der Waals surface area contributed by atoms with Crippen molar-refractivity contribution in [3.63, 3.8) is 0 Å². The third-order valence-electron chi connectivity index (χ3n) is 4.92. The van der Waals surface area contributed by atoms with Gasteiger partial charge in [0.2, 0.25) is 0 Å². The van der Waals surface area contributed by atoms with Gasteiger partial charge in [-0.25, -0.2) is 4.79 Å². The van der Waals surface area contributed by atoms with Gasteiger partial charge < -0.3 is 10.6 Å². The summed E-state index contributed by atoms with van der Waals surface area (Å²) in [5.74, 6) is 0. The standard InChI is InChI=1S/C17H22N4O/c18-12-21(17(19)22)16-8-4-13-3-6-15(7-5-14(13)11-16)20-9-1-2-10-20/h4,8,11,15H,1-3,5-7,9-10H2,(H2,19,22). The molecule has 116 valence electrons. The monoisotopic (exact) mass is 298 g/mol. The van der Waals surface area contributed by atoms with Gasteiger partial charge in [-0.05, 0) is 74.9 Å². The van der Waals surface area contributed by atoms with Crippen LogP contribution in [0.4, 0.5) is 10.5 Å². The highest BCUT2D eigenvalue weighted by Gasteiger charge is 2.25. The molecule has 1 aromatic carbocycles. The van der Waals surface area contributed by atoms with E-state index in [4.69, 9.17) is 11.0 Å². The molecule has 0 spiro atoms. The lowest BCUT2D eigenvalue weighted by atomic mass is 10.0. The highest BCUT2D eigenvalue weighted by molar-refractivity contribution is 5.93. The van der Waals surface area contributed by atoms with Gasteiger partial charge in [0.05, 0.1) is 5.69 Å². The Morgan fingerprint density at radius 1 is 1.23 bits per heavy atom. The van der Waals surface area contributed by atoms with Crippen molar-refractivity contribution in [2.24, 2.45) is 5.73 Å². The number of nitrogens with two attached hydrogens (primary N) is 1. The average Bonchev–Trinajstić information content (AvgIpc) is 2.95. The maximum absolute atomic E-state index is 11.3. The van der Waals surface area contributed by atoms with Crippen LogP contribution in [0.25, 0.3) is 0 Å². The number of anilines is 1. The Morgan fingerprint density at radius 3 is 2.55 bits per heavy atom. The van der Waals surface area contributed by atoms with Crippen molar-refractivity contribution in [2.75, 3.05) is 18.0 Å². The molecular weight excluding hydrogens is 276 g/mol. The van der Waals surface area contributed by atoms with Gasteiger partial charge in [0.1, 0.15) is 0 Å². The third-order valence-corrected chi connectivity index (χ3v) is 4.92. The average molecular weight is 298 g/mol. The Bertz CT molecular complexity index is 601. The van der Waals surface area contributed by atoms with Crippen molar-refractivity contribution in [3.05, 3.63) is 29.3 Å². The van der Waals surface area contributed by atoms with Crippen molar-refractivity contribution in [1.82, 2.24) is 4.90 Å². The molecular formula is C17H22N4O. The van der Waals surface area contributed by atoms with E-state index < -0.39 is 6.03 Å². The fourth-order valence-electron chi connectivity index (χ4n) is 3.72. The summed E-state index contributed by atoms with van der Waals surface area (Å²) in [7, 11) is 0. The van der Waals surface area contributed by atoms with E-state index in [2.05, 4.69) is 4.90 Å². The normalized spacial score (nSPS) is 21.7. The molecule has 5 nitrogen and oxygen atoms in total. The van der Waals surface area contributed by atoms with Crippen LogP contribution in [-0.4, -0.2) is 30.1 Å². The minimum absolute atomic E-state index is 0.577. The van der Waals surface area contributed by atoms with Gasteiger partial charge in [0.25, 0.3) is 0 Å². The number of amides is 2. The molecule has 0 aromatic heterocycles. The summed E-state index contributed by atoms with van der Waals surface area (Å²) in [6.07, 6.45) is 8.91. The van der Waals surface area contributed by atoms with E-state index in [1.165, 1.54) is 43.5 Å². The molecule has 22 heavy (non-hydrogen) atoms. The second-order valence-corrected chi connectivity index (χ2v) is 6.20. The summed E-state index contributed by atoms with van der Waals surface area (Å²) in [4.78, 5) is 14.9. The first-order valence-corrected chi connectivity index (χ1v) is 8.04. The van der Waals surface area contributed by atoms with Crippen LogP contribution in [-0.2, 0) is 12.8 Å². The van der Waals surface area contributed by atoms with Gasteiger partial charge >= 0.3 is 6.03 Å². The molecule has 0 bridgehead atoms.